The average Bonchev–Trinajstić information content (AvgIpc) is 2.15. The standard InChI is InChI=1S/C9H11B2NO2/c10-8(11)7(9(13)14)4-6-2-1-3-12-5-6/h2,5,7-8H,1,3-4H2,(H,13,14)/t7-/m0/s1. The molecule has 0 unspecified atom stereocenters. The van der Waals surface area contributed by atoms with E-state index in [1.807, 2.05) is 6.08 Å². The number of rotatable bonds is 4. The predicted molar refractivity (Wildman–Crippen MR) is 57.1 cm³/mol. The Labute approximate surface area is 86.1 Å². The SMILES string of the molecule is [B]C([B])[C@H](CC1=CCCN=C1)C(=O)O. The molecular formula is C9H11B2NO2. The number of allylic oxidation sites excluding steroid dienone is 1. The smallest absolute Gasteiger partial charge is 0.305 e. The van der Waals surface area contributed by atoms with Gasteiger partial charge in [-0.25, -0.2) is 0 Å². The number of aliphatic imine (C=N–C) groups is 1. The van der Waals surface area contributed by atoms with E-state index in [1.54, 1.807) is 6.21 Å². The fourth-order valence-corrected chi connectivity index (χ4v) is 1.34. The summed E-state index contributed by atoms with van der Waals surface area (Å²) in [5.41, 5.74) is 0.0771. The number of hydrogen-bond acceptors (Lipinski definition) is 2. The van der Waals surface area contributed by atoms with Crippen LogP contribution >= 0.6 is 0 Å². The second-order valence-electron chi connectivity index (χ2n) is 3.33. The number of dihydropyridines is 1. The van der Waals surface area contributed by atoms with Gasteiger partial charge < -0.3 is 5.11 Å². The van der Waals surface area contributed by atoms with Crippen molar-refractivity contribution in [3.05, 3.63) is 11.6 Å². The Morgan fingerprint density at radius 2 is 2.36 bits per heavy atom. The maximum Gasteiger partial charge on any atom is 0.305 e. The van der Waals surface area contributed by atoms with Crippen LogP contribution < -0.4 is 0 Å². The van der Waals surface area contributed by atoms with Gasteiger partial charge in [0.05, 0.1) is 15.7 Å². The topological polar surface area (TPSA) is 49.7 Å². The summed E-state index contributed by atoms with van der Waals surface area (Å²) < 4.78 is 0. The van der Waals surface area contributed by atoms with Crippen molar-refractivity contribution in [2.45, 2.75) is 18.6 Å². The van der Waals surface area contributed by atoms with Crippen LogP contribution in [-0.4, -0.2) is 39.5 Å². The van der Waals surface area contributed by atoms with Gasteiger partial charge in [-0.15, -0.1) is 0 Å². The minimum Gasteiger partial charge on any atom is -0.481 e. The summed E-state index contributed by atoms with van der Waals surface area (Å²) in [6.07, 6.45) is 4.89. The Balaban J connectivity index is 2.59. The highest BCUT2D eigenvalue weighted by Crippen LogP contribution is 2.21. The number of carboxylic acid groups (broad SMARTS) is 1. The molecule has 0 bridgehead atoms. The molecule has 3 nitrogen and oxygen atoms in total. The van der Waals surface area contributed by atoms with E-state index in [0.29, 0.717) is 6.42 Å². The van der Waals surface area contributed by atoms with Gasteiger partial charge in [-0.3, -0.25) is 9.79 Å². The average molecular weight is 187 g/mol. The van der Waals surface area contributed by atoms with Crippen LogP contribution in [0.4, 0.5) is 0 Å². The van der Waals surface area contributed by atoms with E-state index in [1.165, 1.54) is 0 Å². The van der Waals surface area contributed by atoms with Crippen molar-refractivity contribution in [1.29, 1.82) is 0 Å². The van der Waals surface area contributed by atoms with Gasteiger partial charge in [0, 0.05) is 18.7 Å². The second kappa shape index (κ2) is 5.03. The van der Waals surface area contributed by atoms with Gasteiger partial charge in [-0.1, -0.05) is 11.8 Å². The van der Waals surface area contributed by atoms with Crippen molar-refractivity contribution in [2.24, 2.45) is 10.9 Å². The minimum absolute atomic E-state index is 0.358. The van der Waals surface area contributed by atoms with Gasteiger partial charge in [0.25, 0.3) is 0 Å². The van der Waals surface area contributed by atoms with E-state index in [-0.39, 0.29) is 0 Å². The molecule has 1 aliphatic heterocycles. The molecule has 1 aliphatic rings. The summed E-state index contributed by atoms with van der Waals surface area (Å²) in [7, 11) is 10.8. The summed E-state index contributed by atoms with van der Waals surface area (Å²) in [4.78, 5) is 14.8. The fraction of sp³-hybridized carbons (Fsp3) is 0.556. The molecule has 1 atom stereocenters. The first-order valence-electron chi connectivity index (χ1n) is 4.54. The Bertz CT molecular complexity index is 274. The minimum atomic E-state index is -0.958. The number of nitrogens with zero attached hydrogens (tertiary/aromatic N) is 1. The summed E-state index contributed by atoms with van der Waals surface area (Å²) >= 11 is 0. The third kappa shape index (κ3) is 3.05. The molecule has 1 rings (SSSR count). The lowest BCUT2D eigenvalue weighted by Crippen LogP contribution is -2.21. The summed E-state index contributed by atoms with van der Waals surface area (Å²) in [6, 6.07) is 0. The lowest BCUT2D eigenvalue weighted by atomic mass is 9.62. The zero-order chi connectivity index (χ0) is 10.6. The first-order chi connectivity index (χ1) is 6.61. The van der Waals surface area contributed by atoms with E-state index in [0.717, 1.165) is 18.5 Å². The fourth-order valence-electron chi connectivity index (χ4n) is 1.34. The molecular weight excluding hydrogens is 176 g/mol. The van der Waals surface area contributed by atoms with E-state index in [2.05, 4.69) is 4.99 Å². The van der Waals surface area contributed by atoms with E-state index in [9.17, 15) is 4.79 Å². The molecule has 4 radical (unpaired) electrons. The van der Waals surface area contributed by atoms with Gasteiger partial charge in [-0.05, 0) is 18.4 Å². The van der Waals surface area contributed by atoms with Crippen molar-refractivity contribution in [3.8, 4) is 0 Å². The highest BCUT2D eigenvalue weighted by Gasteiger charge is 2.21. The van der Waals surface area contributed by atoms with Crippen LogP contribution in [0.2, 0.25) is 5.72 Å². The third-order valence-corrected chi connectivity index (χ3v) is 2.16. The van der Waals surface area contributed by atoms with Crippen molar-refractivity contribution >= 4 is 27.9 Å². The molecule has 0 aromatic rings. The zero-order valence-corrected chi connectivity index (χ0v) is 7.89. The van der Waals surface area contributed by atoms with E-state index < -0.39 is 17.6 Å². The van der Waals surface area contributed by atoms with Gasteiger partial charge >= 0.3 is 5.97 Å². The number of hydrogen-bond donors (Lipinski definition) is 1. The molecule has 5 heteroatoms. The van der Waals surface area contributed by atoms with Crippen molar-refractivity contribution in [1.82, 2.24) is 0 Å². The van der Waals surface area contributed by atoms with Crippen molar-refractivity contribution in [3.63, 3.8) is 0 Å². The van der Waals surface area contributed by atoms with E-state index in [4.69, 9.17) is 20.8 Å². The van der Waals surface area contributed by atoms with Crippen LogP contribution in [0.1, 0.15) is 12.8 Å². The first-order valence-corrected chi connectivity index (χ1v) is 4.54. The molecule has 70 valence electrons. The summed E-state index contributed by atoms with van der Waals surface area (Å²) in [6.45, 7) is 0.774. The monoisotopic (exact) mass is 187 g/mol. The lowest BCUT2D eigenvalue weighted by Gasteiger charge is -2.17. The van der Waals surface area contributed by atoms with Gasteiger partial charge in [0.1, 0.15) is 0 Å². The maximum atomic E-state index is 10.8. The molecule has 0 amide bonds. The van der Waals surface area contributed by atoms with Crippen LogP contribution in [0.3, 0.4) is 0 Å². The van der Waals surface area contributed by atoms with Crippen LogP contribution in [0.25, 0.3) is 0 Å². The molecule has 0 saturated heterocycles. The number of carboxylic acids is 1. The molecule has 0 aromatic carbocycles. The molecule has 1 heterocycles. The van der Waals surface area contributed by atoms with Crippen LogP contribution in [0.5, 0.6) is 0 Å². The lowest BCUT2D eigenvalue weighted by molar-refractivity contribution is -0.141. The Kier molecular flexibility index (Phi) is 3.98. The van der Waals surface area contributed by atoms with Crippen LogP contribution in [0, 0.1) is 5.92 Å². The molecule has 0 aliphatic carbocycles. The van der Waals surface area contributed by atoms with Crippen molar-refractivity contribution < 1.29 is 9.90 Å². The number of carbonyl (C=O) groups is 1. The predicted octanol–water partition coefficient (Wildman–Crippen LogP) is 0.561. The molecule has 0 saturated carbocycles. The van der Waals surface area contributed by atoms with Crippen LogP contribution in [0.15, 0.2) is 16.6 Å². The van der Waals surface area contributed by atoms with Crippen molar-refractivity contribution in [2.75, 3.05) is 6.54 Å². The van der Waals surface area contributed by atoms with Gasteiger partial charge in [0.2, 0.25) is 0 Å². The highest BCUT2D eigenvalue weighted by molar-refractivity contribution is 6.36. The Hall–Kier alpha value is -0.990. The number of aliphatic carboxylic acids is 1. The molecule has 0 spiro atoms. The van der Waals surface area contributed by atoms with E-state index >= 15 is 0 Å². The Morgan fingerprint density at radius 1 is 1.64 bits per heavy atom. The molecule has 1 N–H and O–H groups in total. The second-order valence-corrected chi connectivity index (χ2v) is 3.33. The quantitative estimate of drug-likeness (QED) is 0.653. The molecule has 0 fully saturated rings. The zero-order valence-electron chi connectivity index (χ0n) is 7.89. The molecule has 14 heavy (non-hydrogen) atoms. The summed E-state index contributed by atoms with van der Waals surface area (Å²) in [5, 5.41) is 8.84. The first kappa shape index (κ1) is 11.1. The maximum absolute atomic E-state index is 10.8. The third-order valence-electron chi connectivity index (χ3n) is 2.16. The van der Waals surface area contributed by atoms with Crippen LogP contribution in [-0.2, 0) is 4.79 Å². The van der Waals surface area contributed by atoms with Gasteiger partial charge in [-0.2, -0.15) is 0 Å². The molecule has 0 aromatic heterocycles. The highest BCUT2D eigenvalue weighted by atomic mass is 16.4. The Morgan fingerprint density at radius 3 is 2.79 bits per heavy atom. The largest absolute Gasteiger partial charge is 0.481 e. The van der Waals surface area contributed by atoms with Gasteiger partial charge in [0.15, 0.2) is 0 Å². The normalized spacial score (nSPS) is 17.9. The summed E-state index contributed by atoms with van der Waals surface area (Å²) in [5.74, 6) is -1.69.